The van der Waals surface area contributed by atoms with Crippen LogP contribution in [0.1, 0.15) is 5.56 Å². The molecule has 1 aromatic carbocycles. The van der Waals surface area contributed by atoms with Gasteiger partial charge >= 0.3 is 0 Å². The Morgan fingerprint density at radius 1 is 1.53 bits per heavy atom. The SMILES string of the molecule is Nc1ccc(CN2CCOC(CO)C2)cc1F. The van der Waals surface area contributed by atoms with Crippen LogP contribution in [0.15, 0.2) is 18.2 Å². The Hall–Kier alpha value is -1.17. The molecule has 0 aliphatic carbocycles. The van der Waals surface area contributed by atoms with Crippen LogP contribution in [-0.2, 0) is 11.3 Å². The number of benzene rings is 1. The maximum atomic E-state index is 13.3. The lowest BCUT2D eigenvalue weighted by atomic mass is 10.1. The zero-order valence-electron chi connectivity index (χ0n) is 9.60. The zero-order valence-corrected chi connectivity index (χ0v) is 9.60. The average Bonchev–Trinajstić information content (AvgIpc) is 2.34. The number of nitrogens with two attached hydrogens (primary N) is 1. The Kier molecular flexibility index (Phi) is 3.93. The molecule has 5 heteroatoms. The number of morpholine rings is 1. The number of hydrogen-bond acceptors (Lipinski definition) is 4. The van der Waals surface area contributed by atoms with Gasteiger partial charge in [-0.05, 0) is 17.7 Å². The van der Waals surface area contributed by atoms with Crippen molar-refractivity contribution in [1.82, 2.24) is 4.90 Å². The summed E-state index contributed by atoms with van der Waals surface area (Å²) in [5, 5.41) is 9.03. The van der Waals surface area contributed by atoms with Crippen LogP contribution in [-0.4, -0.2) is 42.4 Å². The van der Waals surface area contributed by atoms with E-state index in [0.29, 0.717) is 19.7 Å². The van der Waals surface area contributed by atoms with Gasteiger partial charge in [-0.2, -0.15) is 0 Å². The van der Waals surface area contributed by atoms with Crippen LogP contribution in [0.3, 0.4) is 0 Å². The maximum absolute atomic E-state index is 13.3. The molecular formula is C12H17FN2O2. The molecular weight excluding hydrogens is 223 g/mol. The molecule has 0 aromatic heterocycles. The number of hydrogen-bond donors (Lipinski definition) is 2. The van der Waals surface area contributed by atoms with Gasteiger partial charge in [0.05, 0.1) is 25.0 Å². The fourth-order valence-corrected chi connectivity index (χ4v) is 1.96. The fraction of sp³-hybridized carbons (Fsp3) is 0.500. The molecule has 2 rings (SSSR count). The Morgan fingerprint density at radius 3 is 3.06 bits per heavy atom. The molecule has 4 nitrogen and oxygen atoms in total. The summed E-state index contributed by atoms with van der Waals surface area (Å²) in [6.07, 6.45) is -0.137. The number of nitrogen functional groups attached to an aromatic ring is 1. The van der Waals surface area contributed by atoms with Gasteiger partial charge in [0.1, 0.15) is 5.82 Å². The molecule has 1 aromatic rings. The highest BCUT2D eigenvalue weighted by atomic mass is 19.1. The molecule has 17 heavy (non-hydrogen) atoms. The Morgan fingerprint density at radius 2 is 2.35 bits per heavy atom. The molecule has 1 heterocycles. The van der Waals surface area contributed by atoms with Crippen LogP contribution < -0.4 is 5.73 Å². The van der Waals surface area contributed by atoms with Gasteiger partial charge in [-0.25, -0.2) is 4.39 Å². The quantitative estimate of drug-likeness (QED) is 0.760. The monoisotopic (exact) mass is 240 g/mol. The summed E-state index contributed by atoms with van der Waals surface area (Å²) < 4.78 is 18.6. The number of aliphatic hydroxyl groups is 1. The van der Waals surface area contributed by atoms with Crippen molar-refractivity contribution in [2.45, 2.75) is 12.6 Å². The molecule has 0 spiro atoms. The van der Waals surface area contributed by atoms with Crippen molar-refractivity contribution in [1.29, 1.82) is 0 Å². The average molecular weight is 240 g/mol. The third-order valence-electron chi connectivity index (χ3n) is 2.90. The second-order valence-corrected chi connectivity index (χ2v) is 4.27. The highest BCUT2D eigenvalue weighted by Crippen LogP contribution is 2.15. The van der Waals surface area contributed by atoms with E-state index in [2.05, 4.69) is 4.90 Å². The molecule has 0 amide bonds. The topological polar surface area (TPSA) is 58.7 Å². The van der Waals surface area contributed by atoms with E-state index in [4.69, 9.17) is 15.6 Å². The molecule has 3 N–H and O–H groups in total. The summed E-state index contributed by atoms with van der Waals surface area (Å²) in [5.74, 6) is -0.380. The largest absolute Gasteiger partial charge is 0.396 e. The molecule has 1 atom stereocenters. The molecule has 0 bridgehead atoms. The van der Waals surface area contributed by atoms with Gasteiger partial charge in [-0.1, -0.05) is 6.07 Å². The minimum atomic E-state index is -0.380. The molecule has 1 saturated heterocycles. The molecule has 1 aliphatic rings. The van der Waals surface area contributed by atoms with Crippen molar-refractivity contribution in [2.24, 2.45) is 0 Å². The Labute approximate surface area is 99.8 Å². The van der Waals surface area contributed by atoms with Gasteiger partial charge < -0.3 is 15.6 Å². The molecule has 1 fully saturated rings. The van der Waals surface area contributed by atoms with E-state index in [-0.39, 0.29) is 24.2 Å². The van der Waals surface area contributed by atoms with Crippen molar-refractivity contribution >= 4 is 5.69 Å². The van der Waals surface area contributed by atoms with Crippen molar-refractivity contribution in [3.63, 3.8) is 0 Å². The highest BCUT2D eigenvalue weighted by Gasteiger charge is 2.19. The first kappa shape index (κ1) is 12.3. The van der Waals surface area contributed by atoms with Crippen molar-refractivity contribution < 1.29 is 14.2 Å². The highest BCUT2D eigenvalue weighted by molar-refractivity contribution is 5.41. The second-order valence-electron chi connectivity index (χ2n) is 4.27. The minimum absolute atomic E-state index is 0.0204. The second kappa shape index (κ2) is 5.44. The number of rotatable bonds is 3. The predicted molar refractivity (Wildman–Crippen MR) is 62.9 cm³/mol. The van der Waals surface area contributed by atoms with Crippen LogP contribution in [0.5, 0.6) is 0 Å². The summed E-state index contributed by atoms with van der Waals surface area (Å²) in [6, 6.07) is 4.86. The number of halogens is 1. The smallest absolute Gasteiger partial charge is 0.146 e. The number of anilines is 1. The standard InChI is InChI=1S/C12H17FN2O2/c13-11-5-9(1-2-12(11)14)6-15-3-4-17-10(7-15)8-16/h1-2,5,10,16H,3-4,6-8,14H2. The summed E-state index contributed by atoms with van der Waals surface area (Å²) in [4.78, 5) is 2.13. The lowest BCUT2D eigenvalue weighted by Gasteiger charge is -2.32. The molecule has 1 unspecified atom stereocenters. The third-order valence-corrected chi connectivity index (χ3v) is 2.90. The normalized spacial score (nSPS) is 21.6. The molecule has 94 valence electrons. The van der Waals surface area contributed by atoms with Gasteiger partial charge in [0, 0.05) is 19.6 Å². The van der Waals surface area contributed by atoms with Gasteiger partial charge in [-0.15, -0.1) is 0 Å². The molecule has 0 radical (unpaired) electrons. The lowest BCUT2D eigenvalue weighted by molar-refractivity contribution is -0.0551. The third kappa shape index (κ3) is 3.15. The summed E-state index contributed by atoms with van der Waals surface area (Å²) in [5.41, 5.74) is 6.48. The number of nitrogens with zero attached hydrogens (tertiary/aromatic N) is 1. The first-order valence-corrected chi connectivity index (χ1v) is 5.68. The van der Waals surface area contributed by atoms with E-state index in [0.717, 1.165) is 12.1 Å². The lowest BCUT2D eigenvalue weighted by Crippen LogP contribution is -2.43. The van der Waals surface area contributed by atoms with Crippen LogP contribution in [0, 0.1) is 5.82 Å². The van der Waals surface area contributed by atoms with Gasteiger partial charge in [0.15, 0.2) is 0 Å². The van der Waals surface area contributed by atoms with Crippen LogP contribution >= 0.6 is 0 Å². The van der Waals surface area contributed by atoms with Crippen LogP contribution in [0.4, 0.5) is 10.1 Å². The van der Waals surface area contributed by atoms with E-state index >= 15 is 0 Å². The van der Waals surface area contributed by atoms with Gasteiger partial charge in [0.2, 0.25) is 0 Å². The molecule has 0 saturated carbocycles. The van der Waals surface area contributed by atoms with E-state index < -0.39 is 0 Å². The van der Waals surface area contributed by atoms with Crippen LogP contribution in [0.25, 0.3) is 0 Å². The Balaban J connectivity index is 1.97. The fourth-order valence-electron chi connectivity index (χ4n) is 1.96. The van der Waals surface area contributed by atoms with E-state index in [1.807, 2.05) is 6.07 Å². The van der Waals surface area contributed by atoms with Crippen molar-refractivity contribution in [2.75, 3.05) is 32.0 Å². The maximum Gasteiger partial charge on any atom is 0.146 e. The number of ether oxygens (including phenoxy) is 1. The Bertz CT molecular complexity index is 387. The number of aliphatic hydroxyl groups excluding tert-OH is 1. The van der Waals surface area contributed by atoms with Gasteiger partial charge in [-0.3, -0.25) is 4.90 Å². The van der Waals surface area contributed by atoms with E-state index in [1.165, 1.54) is 6.07 Å². The first-order chi connectivity index (χ1) is 8.19. The van der Waals surface area contributed by atoms with Crippen molar-refractivity contribution in [3.8, 4) is 0 Å². The first-order valence-electron chi connectivity index (χ1n) is 5.68. The van der Waals surface area contributed by atoms with E-state index in [1.54, 1.807) is 6.07 Å². The predicted octanol–water partition coefficient (Wildman–Crippen LogP) is 0.601. The van der Waals surface area contributed by atoms with Crippen LogP contribution in [0.2, 0.25) is 0 Å². The zero-order chi connectivity index (χ0) is 12.3. The van der Waals surface area contributed by atoms with Gasteiger partial charge in [0.25, 0.3) is 0 Å². The van der Waals surface area contributed by atoms with Crippen molar-refractivity contribution in [3.05, 3.63) is 29.6 Å². The summed E-state index contributed by atoms with van der Waals surface area (Å²) in [6.45, 7) is 2.73. The summed E-state index contributed by atoms with van der Waals surface area (Å²) >= 11 is 0. The minimum Gasteiger partial charge on any atom is -0.396 e. The van der Waals surface area contributed by atoms with E-state index in [9.17, 15) is 4.39 Å². The molecule has 1 aliphatic heterocycles. The summed E-state index contributed by atoms with van der Waals surface area (Å²) in [7, 11) is 0.